The van der Waals surface area contributed by atoms with E-state index < -0.39 is 0 Å². The van der Waals surface area contributed by atoms with Gasteiger partial charge < -0.3 is 4.74 Å². The molecule has 0 aliphatic carbocycles. The minimum absolute atomic E-state index is 0.0340. The SMILES string of the molecule is CCOc1ccc(C(=O)c2cc(C)c(Br)c(C)c2)cc1. The Morgan fingerprint density at radius 1 is 1.05 bits per heavy atom. The highest BCUT2D eigenvalue weighted by Crippen LogP contribution is 2.24. The molecule has 0 N–H and O–H groups in total. The molecule has 0 saturated heterocycles. The van der Waals surface area contributed by atoms with Crippen molar-refractivity contribution in [1.29, 1.82) is 0 Å². The topological polar surface area (TPSA) is 26.3 Å². The standard InChI is InChI=1S/C17H17BrO2/c1-4-20-15-7-5-13(6-8-15)17(19)14-9-11(2)16(18)12(3)10-14/h5-10H,4H2,1-3H3. The van der Waals surface area contributed by atoms with Crippen molar-refractivity contribution in [1.82, 2.24) is 0 Å². The summed E-state index contributed by atoms with van der Waals surface area (Å²) in [6.07, 6.45) is 0. The predicted molar refractivity (Wildman–Crippen MR) is 84.7 cm³/mol. The minimum atomic E-state index is 0.0340. The molecule has 0 amide bonds. The number of ketones is 1. The number of halogens is 1. The summed E-state index contributed by atoms with van der Waals surface area (Å²) < 4.78 is 6.44. The predicted octanol–water partition coefficient (Wildman–Crippen LogP) is 4.70. The van der Waals surface area contributed by atoms with E-state index in [1.807, 2.05) is 45.0 Å². The summed E-state index contributed by atoms with van der Waals surface area (Å²) >= 11 is 3.52. The van der Waals surface area contributed by atoms with Gasteiger partial charge in [-0.1, -0.05) is 15.9 Å². The van der Waals surface area contributed by atoms with Crippen LogP contribution in [0.2, 0.25) is 0 Å². The van der Waals surface area contributed by atoms with Crippen LogP contribution in [0.1, 0.15) is 34.0 Å². The van der Waals surface area contributed by atoms with Crippen LogP contribution in [-0.2, 0) is 0 Å². The molecule has 0 aliphatic heterocycles. The molecule has 0 aliphatic rings. The summed E-state index contributed by atoms with van der Waals surface area (Å²) in [6.45, 7) is 6.54. The zero-order valence-electron chi connectivity index (χ0n) is 11.9. The molecule has 2 rings (SSSR count). The molecule has 20 heavy (non-hydrogen) atoms. The van der Waals surface area contributed by atoms with E-state index in [1.165, 1.54) is 0 Å². The summed E-state index contributed by atoms with van der Waals surface area (Å²) in [5.41, 5.74) is 3.53. The second kappa shape index (κ2) is 6.23. The number of aryl methyl sites for hydroxylation is 2. The van der Waals surface area contributed by atoms with Gasteiger partial charge in [0.15, 0.2) is 5.78 Å². The summed E-state index contributed by atoms with van der Waals surface area (Å²) in [6, 6.07) is 11.1. The van der Waals surface area contributed by atoms with Gasteiger partial charge in [-0.05, 0) is 68.3 Å². The highest BCUT2D eigenvalue weighted by Gasteiger charge is 2.12. The van der Waals surface area contributed by atoms with Crippen LogP contribution >= 0.6 is 15.9 Å². The van der Waals surface area contributed by atoms with Gasteiger partial charge >= 0.3 is 0 Å². The van der Waals surface area contributed by atoms with Crippen LogP contribution in [0.4, 0.5) is 0 Å². The number of ether oxygens (including phenoxy) is 1. The Kier molecular flexibility index (Phi) is 4.61. The van der Waals surface area contributed by atoms with Crippen molar-refractivity contribution >= 4 is 21.7 Å². The first-order valence-electron chi connectivity index (χ1n) is 6.57. The lowest BCUT2D eigenvalue weighted by atomic mass is 9.99. The zero-order valence-corrected chi connectivity index (χ0v) is 13.5. The average molecular weight is 333 g/mol. The van der Waals surface area contributed by atoms with E-state index in [1.54, 1.807) is 12.1 Å². The highest BCUT2D eigenvalue weighted by atomic mass is 79.9. The Morgan fingerprint density at radius 3 is 2.10 bits per heavy atom. The fourth-order valence-electron chi connectivity index (χ4n) is 2.11. The van der Waals surface area contributed by atoms with Crippen molar-refractivity contribution in [3.63, 3.8) is 0 Å². The molecule has 0 saturated carbocycles. The van der Waals surface area contributed by atoms with E-state index in [4.69, 9.17) is 4.74 Å². The second-order valence-electron chi connectivity index (χ2n) is 4.71. The van der Waals surface area contributed by atoms with Gasteiger partial charge in [0.25, 0.3) is 0 Å². The van der Waals surface area contributed by atoms with Gasteiger partial charge in [-0.3, -0.25) is 4.79 Å². The first-order chi connectivity index (χ1) is 9.52. The summed E-state index contributed by atoms with van der Waals surface area (Å²) in [7, 11) is 0. The number of benzene rings is 2. The van der Waals surface area contributed by atoms with E-state index >= 15 is 0 Å². The molecule has 0 heterocycles. The second-order valence-corrected chi connectivity index (χ2v) is 5.50. The molecule has 0 spiro atoms. The fourth-order valence-corrected chi connectivity index (χ4v) is 2.34. The molecule has 3 heteroatoms. The summed E-state index contributed by atoms with van der Waals surface area (Å²) in [4.78, 5) is 12.5. The molecule has 0 fully saturated rings. The van der Waals surface area contributed by atoms with Crippen molar-refractivity contribution < 1.29 is 9.53 Å². The van der Waals surface area contributed by atoms with Crippen molar-refractivity contribution in [2.45, 2.75) is 20.8 Å². The molecule has 0 unspecified atom stereocenters. The summed E-state index contributed by atoms with van der Waals surface area (Å²) in [5.74, 6) is 0.818. The Bertz CT molecular complexity index is 607. The first-order valence-corrected chi connectivity index (χ1v) is 7.36. The Labute approximate surface area is 127 Å². The van der Waals surface area contributed by atoms with Gasteiger partial charge in [-0.2, -0.15) is 0 Å². The van der Waals surface area contributed by atoms with E-state index in [0.29, 0.717) is 17.7 Å². The molecular weight excluding hydrogens is 316 g/mol. The normalized spacial score (nSPS) is 10.4. The van der Waals surface area contributed by atoms with Gasteiger partial charge in [0.05, 0.1) is 6.61 Å². The number of carbonyl (C=O) groups excluding carboxylic acids is 1. The van der Waals surface area contributed by atoms with Crippen LogP contribution in [0.5, 0.6) is 5.75 Å². The third-order valence-electron chi connectivity index (χ3n) is 3.13. The van der Waals surface area contributed by atoms with Crippen molar-refractivity contribution in [2.24, 2.45) is 0 Å². The minimum Gasteiger partial charge on any atom is -0.494 e. The molecule has 0 aromatic heterocycles. The monoisotopic (exact) mass is 332 g/mol. The van der Waals surface area contributed by atoms with Crippen molar-refractivity contribution in [3.8, 4) is 5.75 Å². The van der Waals surface area contributed by atoms with Crippen LogP contribution in [0.25, 0.3) is 0 Å². The van der Waals surface area contributed by atoms with Crippen LogP contribution in [0.15, 0.2) is 40.9 Å². The maximum atomic E-state index is 12.5. The molecule has 0 bridgehead atoms. The quantitative estimate of drug-likeness (QED) is 0.759. The molecule has 0 atom stereocenters. The lowest BCUT2D eigenvalue weighted by molar-refractivity contribution is 0.103. The summed E-state index contributed by atoms with van der Waals surface area (Å²) in [5, 5.41) is 0. The smallest absolute Gasteiger partial charge is 0.193 e. The largest absolute Gasteiger partial charge is 0.494 e. The van der Waals surface area contributed by atoms with Crippen LogP contribution in [0.3, 0.4) is 0 Å². The lowest BCUT2D eigenvalue weighted by Gasteiger charge is -2.08. The molecule has 104 valence electrons. The van der Waals surface area contributed by atoms with Gasteiger partial charge in [-0.25, -0.2) is 0 Å². The maximum absolute atomic E-state index is 12.5. The van der Waals surface area contributed by atoms with E-state index in [2.05, 4.69) is 15.9 Å². The number of hydrogen-bond acceptors (Lipinski definition) is 2. The third-order valence-corrected chi connectivity index (χ3v) is 4.38. The Morgan fingerprint density at radius 2 is 1.60 bits per heavy atom. The lowest BCUT2D eigenvalue weighted by Crippen LogP contribution is -2.03. The number of hydrogen-bond donors (Lipinski definition) is 0. The Hall–Kier alpha value is -1.61. The zero-order chi connectivity index (χ0) is 14.7. The maximum Gasteiger partial charge on any atom is 0.193 e. The van der Waals surface area contributed by atoms with Gasteiger partial charge in [-0.15, -0.1) is 0 Å². The van der Waals surface area contributed by atoms with Crippen LogP contribution in [-0.4, -0.2) is 12.4 Å². The van der Waals surface area contributed by atoms with Crippen molar-refractivity contribution in [2.75, 3.05) is 6.61 Å². The highest BCUT2D eigenvalue weighted by molar-refractivity contribution is 9.10. The van der Waals surface area contributed by atoms with E-state index in [0.717, 1.165) is 21.3 Å². The Balaban J connectivity index is 2.31. The third kappa shape index (κ3) is 3.10. The molecule has 2 aromatic rings. The van der Waals surface area contributed by atoms with Gasteiger partial charge in [0, 0.05) is 15.6 Å². The molecule has 2 aromatic carbocycles. The average Bonchev–Trinajstić information content (AvgIpc) is 2.44. The molecular formula is C17H17BrO2. The first kappa shape index (κ1) is 14.8. The number of carbonyl (C=O) groups is 1. The fraction of sp³-hybridized carbons (Fsp3) is 0.235. The van der Waals surface area contributed by atoms with Gasteiger partial charge in [0.1, 0.15) is 5.75 Å². The van der Waals surface area contributed by atoms with E-state index in [9.17, 15) is 4.79 Å². The van der Waals surface area contributed by atoms with Gasteiger partial charge in [0.2, 0.25) is 0 Å². The van der Waals surface area contributed by atoms with Crippen molar-refractivity contribution in [3.05, 3.63) is 63.1 Å². The van der Waals surface area contributed by atoms with Crippen LogP contribution in [0, 0.1) is 13.8 Å². The number of rotatable bonds is 4. The molecule has 2 nitrogen and oxygen atoms in total. The van der Waals surface area contributed by atoms with E-state index in [-0.39, 0.29) is 5.78 Å². The van der Waals surface area contributed by atoms with Crippen LogP contribution < -0.4 is 4.74 Å². The molecule has 0 radical (unpaired) electrons.